The Labute approximate surface area is 122 Å². The second-order valence-electron chi connectivity index (χ2n) is 4.34. The summed E-state index contributed by atoms with van der Waals surface area (Å²) in [6, 6.07) is 3.34. The van der Waals surface area contributed by atoms with Crippen molar-refractivity contribution in [2.45, 2.75) is 30.8 Å². The minimum atomic E-state index is -3.95. The number of methoxy groups -OCH3 is 1. The first-order valence-electron chi connectivity index (χ1n) is 6.32. The van der Waals surface area contributed by atoms with Gasteiger partial charge in [-0.3, -0.25) is 10.1 Å². The number of hydrogen-bond acceptors (Lipinski definition) is 6. The zero-order valence-corrected chi connectivity index (χ0v) is 12.6. The summed E-state index contributed by atoms with van der Waals surface area (Å²) < 4.78 is 31.5. The van der Waals surface area contributed by atoms with E-state index in [1.54, 1.807) is 6.92 Å². The Hall–Kier alpha value is -1.71. The van der Waals surface area contributed by atoms with Crippen LogP contribution < -0.4 is 9.46 Å². The van der Waals surface area contributed by atoms with Crippen LogP contribution in [-0.2, 0) is 10.0 Å². The van der Waals surface area contributed by atoms with Crippen molar-refractivity contribution in [1.29, 1.82) is 0 Å². The predicted octanol–water partition coefficient (Wildman–Crippen LogP) is 1.04. The van der Waals surface area contributed by atoms with Crippen molar-refractivity contribution in [3.05, 3.63) is 28.3 Å². The van der Waals surface area contributed by atoms with Crippen molar-refractivity contribution in [3.63, 3.8) is 0 Å². The third kappa shape index (κ3) is 4.66. The SMILES string of the molecule is CCC(O)CCNS(=O)(=O)c1cc([N+](=O)[O-])ccc1OC. The fourth-order valence-electron chi connectivity index (χ4n) is 1.63. The highest BCUT2D eigenvalue weighted by molar-refractivity contribution is 7.89. The van der Waals surface area contributed by atoms with Crippen LogP contribution in [0.4, 0.5) is 5.69 Å². The number of nitro benzene ring substituents is 1. The van der Waals surface area contributed by atoms with E-state index >= 15 is 0 Å². The van der Waals surface area contributed by atoms with E-state index < -0.39 is 21.1 Å². The van der Waals surface area contributed by atoms with Crippen LogP contribution in [-0.4, -0.2) is 38.2 Å². The van der Waals surface area contributed by atoms with Gasteiger partial charge < -0.3 is 9.84 Å². The highest BCUT2D eigenvalue weighted by Gasteiger charge is 2.22. The van der Waals surface area contributed by atoms with Gasteiger partial charge in [-0.05, 0) is 18.9 Å². The minimum absolute atomic E-state index is 0.0177. The molecule has 1 atom stereocenters. The first-order valence-corrected chi connectivity index (χ1v) is 7.80. The Morgan fingerprint density at radius 1 is 1.48 bits per heavy atom. The van der Waals surface area contributed by atoms with E-state index in [2.05, 4.69) is 4.72 Å². The van der Waals surface area contributed by atoms with Crippen molar-refractivity contribution in [2.75, 3.05) is 13.7 Å². The summed E-state index contributed by atoms with van der Waals surface area (Å²) in [7, 11) is -2.67. The quantitative estimate of drug-likeness (QED) is 0.546. The first kappa shape index (κ1) is 17.3. The predicted molar refractivity (Wildman–Crippen MR) is 75.8 cm³/mol. The largest absolute Gasteiger partial charge is 0.495 e. The summed E-state index contributed by atoms with van der Waals surface area (Å²) in [6.07, 6.45) is 0.175. The molecule has 118 valence electrons. The normalized spacial score (nSPS) is 12.9. The molecule has 2 N–H and O–H groups in total. The third-order valence-electron chi connectivity index (χ3n) is 2.89. The molecular weight excluding hydrogens is 300 g/mol. The average Bonchev–Trinajstić information content (AvgIpc) is 2.45. The van der Waals surface area contributed by atoms with E-state index in [9.17, 15) is 23.6 Å². The molecule has 1 aromatic carbocycles. The van der Waals surface area contributed by atoms with Gasteiger partial charge in [0.05, 0.1) is 18.1 Å². The Morgan fingerprint density at radius 3 is 2.67 bits per heavy atom. The molecule has 0 aliphatic carbocycles. The minimum Gasteiger partial charge on any atom is -0.495 e. The number of aliphatic hydroxyl groups excluding tert-OH is 1. The molecular formula is C12H18N2O6S. The number of sulfonamides is 1. The monoisotopic (exact) mass is 318 g/mol. The third-order valence-corrected chi connectivity index (χ3v) is 4.37. The van der Waals surface area contributed by atoms with Crippen molar-refractivity contribution >= 4 is 15.7 Å². The van der Waals surface area contributed by atoms with Crippen LogP contribution >= 0.6 is 0 Å². The van der Waals surface area contributed by atoms with Crippen LogP contribution in [0.5, 0.6) is 5.75 Å². The molecule has 1 rings (SSSR count). The molecule has 0 amide bonds. The lowest BCUT2D eigenvalue weighted by Gasteiger charge is -2.12. The number of benzene rings is 1. The fourth-order valence-corrected chi connectivity index (χ4v) is 2.86. The molecule has 0 fully saturated rings. The summed E-state index contributed by atoms with van der Waals surface area (Å²) in [5.74, 6) is 0.0177. The van der Waals surface area contributed by atoms with E-state index in [1.807, 2.05) is 0 Å². The van der Waals surface area contributed by atoms with Crippen LogP contribution in [0.15, 0.2) is 23.1 Å². The lowest BCUT2D eigenvalue weighted by atomic mass is 10.2. The number of nitrogens with zero attached hydrogens (tertiary/aromatic N) is 1. The number of nitrogens with one attached hydrogen (secondary N) is 1. The Bertz CT molecular complexity index is 602. The second kappa shape index (κ2) is 7.34. The first-order chi connectivity index (χ1) is 9.81. The summed E-state index contributed by atoms with van der Waals surface area (Å²) in [6.45, 7) is 1.81. The molecule has 0 saturated heterocycles. The van der Waals surface area contributed by atoms with E-state index in [0.717, 1.165) is 6.07 Å². The zero-order valence-electron chi connectivity index (χ0n) is 11.8. The highest BCUT2D eigenvalue weighted by Crippen LogP contribution is 2.27. The summed E-state index contributed by atoms with van der Waals surface area (Å²) >= 11 is 0. The second-order valence-corrected chi connectivity index (χ2v) is 6.08. The van der Waals surface area contributed by atoms with Crippen LogP contribution in [0.3, 0.4) is 0 Å². The van der Waals surface area contributed by atoms with Gasteiger partial charge in [0.25, 0.3) is 5.69 Å². The van der Waals surface area contributed by atoms with Gasteiger partial charge in [-0.2, -0.15) is 0 Å². The van der Waals surface area contributed by atoms with E-state index in [0.29, 0.717) is 6.42 Å². The highest BCUT2D eigenvalue weighted by atomic mass is 32.2. The summed E-state index contributed by atoms with van der Waals surface area (Å²) in [5.41, 5.74) is -0.343. The van der Waals surface area contributed by atoms with Gasteiger partial charge in [-0.1, -0.05) is 6.92 Å². The molecule has 1 aromatic rings. The molecule has 0 aromatic heterocycles. The molecule has 0 radical (unpaired) electrons. The van der Waals surface area contributed by atoms with Gasteiger partial charge in [-0.25, -0.2) is 13.1 Å². The fraction of sp³-hybridized carbons (Fsp3) is 0.500. The standard InChI is InChI=1S/C12H18N2O6S/c1-3-10(15)6-7-13-21(18,19)12-8-9(14(16)17)4-5-11(12)20-2/h4-5,8,10,13,15H,3,6-7H2,1-2H3. The van der Waals surface area contributed by atoms with Crippen molar-refractivity contribution < 1.29 is 23.2 Å². The van der Waals surface area contributed by atoms with Crippen LogP contribution in [0.25, 0.3) is 0 Å². The molecule has 0 bridgehead atoms. The maximum absolute atomic E-state index is 12.2. The van der Waals surface area contributed by atoms with E-state index in [-0.39, 0.29) is 29.3 Å². The Balaban J connectivity index is 3.00. The Morgan fingerprint density at radius 2 is 2.14 bits per heavy atom. The smallest absolute Gasteiger partial charge is 0.271 e. The molecule has 0 saturated carbocycles. The number of hydrogen-bond donors (Lipinski definition) is 2. The summed E-state index contributed by atoms with van der Waals surface area (Å²) in [5, 5.41) is 20.1. The van der Waals surface area contributed by atoms with Crippen LogP contribution in [0.1, 0.15) is 19.8 Å². The maximum Gasteiger partial charge on any atom is 0.271 e. The van der Waals surface area contributed by atoms with Crippen molar-refractivity contribution in [1.82, 2.24) is 4.72 Å². The number of rotatable bonds is 8. The molecule has 0 aliphatic heterocycles. The average molecular weight is 318 g/mol. The van der Waals surface area contributed by atoms with E-state index in [1.165, 1.54) is 19.2 Å². The van der Waals surface area contributed by atoms with Crippen LogP contribution in [0, 0.1) is 10.1 Å². The Kier molecular flexibility index (Phi) is 6.06. The van der Waals surface area contributed by atoms with Gasteiger partial charge in [0, 0.05) is 18.7 Å². The van der Waals surface area contributed by atoms with Gasteiger partial charge in [0.2, 0.25) is 10.0 Å². The maximum atomic E-state index is 12.2. The number of non-ortho nitro benzene ring substituents is 1. The molecule has 21 heavy (non-hydrogen) atoms. The van der Waals surface area contributed by atoms with Crippen molar-refractivity contribution in [3.8, 4) is 5.75 Å². The number of aliphatic hydroxyl groups is 1. The van der Waals surface area contributed by atoms with Gasteiger partial charge in [0.1, 0.15) is 10.6 Å². The van der Waals surface area contributed by atoms with Gasteiger partial charge in [-0.15, -0.1) is 0 Å². The molecule has 0 heterocycles. The molecule has 0 spiro atoms. The molecule has 0 aliphatic rings. The summed E-state index contributed by atoms with van der Waals surface area (Å²) in [4.78, 5) is 9.76. The molecule has 8 nitrogen and oxygen atoms in total. The molecule has 9 heteroatoms. The number of nitro groups is 1. The van der Waals surface area contributed by atoms with Gasteiger partial charge >= 0.3 is 0 Å². The lowest BCUT2D eigenvalue weighted by molar-refractivity contribution is -0.385. The van der Waals surface area contributed by atoms with Crippen LogP contribution in [0.2, 0.25) is 0 Å². The number of ether oxygens (including phenoxy) is 1. The lowest BCUT2D eigenvalue weighted by Crippen LogP contribution is -2.27. The van der Waals surface area contributed by atoms with Gasteiger partial charge in [0.15, 0.2) is 0 Å². The topological polar surface area (TPSA) is 119 Å². The van der Waals surface area contributed by atoms with Crippen molar-refractivity contribution in [2.24, 2.45) is 0 Å². The van der Waals surface area contributed by atoms with E-state index in [4.69, 9.17) is 4.74 Å². The molecule has 1 unspecified atom stereocenters. The zero-order chi connectivity index (χ0) is 16.0.